The number of benzene rings is 6. The third-order valence-electron chi connectivity index (χ3n) is 10.4. The third-order valence-corrected chi connectivity index (χ3v) is 17.5. The van der Waals surface area contributed by atoms with E-state index in [9.17, 15) is 0 Å². The molecule has 1 atom stereocenters. The van der Waals surface area contributed by atoms with Crippen molar-refractivity contribution in [3.05, 3.63) is 161 Å². The predicted molar refractivity (Wildman–Crippen MR) is 219 cm³/mol. The molecule has 0 fully saturated rings. The summed E-state index contributed by atoms with van der Waals surface area (Å²) in [6.07, 6.45) is 0. The molecule has 6 aromatic carbocycles. The van der Waals surface area contributed by atoms with Crippen molar-refractivity contribution >= 4 is 47.2 Å². The lowest BCUT2D eigenvalue weighted by molar-refractivity contribution is 0.591. The fourth-order valence-corrected chi connectivity index (χ4v) is 14.7. The highest BCUT2D eigenvalue weighted by atomic mass is 32.2. The van der Waals surface area contributed by atoms with Gasteiger partial charge in [0.05, 0.1) is 0 Å². The summed E-state index contributed by atoms with van der Waals surface area (Å²) in [5.41, 5.74) is -1.57. The topological polar surface area (TPSA) is 0 Å². The second-order valence-electron chi connectivity index (χ2n) is 14.6. The number of hydrogen-bond donors (Lipinski definition) is 0. The summed E-state index contributed by atoms with van der Waals surface area (Å²) < 4.78 is 108. The van der Waals surface area contributed by atoms with E-state index in [1.807, 2.05) is 30.3 Å². The molecule has 2 aliphatic heterocycles. The van der Waals surface area contributed by atoms with Gasteiger partial charge in [0.1, 0.15) is 8.07 Å². The van der Waals surface area contributed by atoms with Gasteiger partial charge >= 0.3 is 0 Å². The van der Waals surface area contributed by atoms with Crippen molar-refractivity contribution in [2.45, 2.75) is 90.6 Å². The molecule has 3 heteroatoms. The van der Waals surface area contributed by atoms with Crippen LogP contribution in [0.1, 0.15) is 92.4 Å². The van der Waals surface area contributed by atoms with Gasteiger partial charge in [0.15, 0.2) is 0 Å². The molecule has 0 amide bonds. The Kier molecular flexibility index (Phi) is 5.29. The van der Waals surface area contributed by atoms with Crippen molar-refractivity contribution in [2.75, 3.05) is 0 Å². The summed E-state index contributed by atoms with van der Waals surface area (Å²) >= 11 is 2.79. The van der Waals surface area contributed by atoms with Crippen LogP contribution in [0.15, 0.2) is 153 Å². The van der Waals surface area contributed by atoms with E-state index in [2.05, 4.69) is 57.7 Å². The third kappa shape index (κ3) is 5.11. The Morgan fingerprint density at radius 3 is 1.68 bits per heavy atom. The first-order chi connectivity index (χ1) is 28.8. The van der Waals surface area contributed by atoms with Gasteiger partial charge in [-0.25, -0.2) is 0 Å². The van der Waals surface area contributed by atoms with E-state index < -0.39 is 51.7 Å². The minimum atomic E-state index is -3.26. The maximum Gasteiger partial charge on any atom is 0.146 e. The Hall–Kier alpha value is -3.76. The standard InChI is InChI=1S/C47H46S2Si/c1-45(2,3)35-29-28-32(30-34(35)33-20-16-23-38-43(33)48-40-25-14-12-21-36(40)46(38,4)5)50(8,31-18-10-9-11-19-31)42-27-17-24-39-44(42)49-41-26-15-13-22-37(41)47(39,6)7/h9-30H,1-8H3/i4D3,5D3,6D3,7D3. The van der Waals surface area contributed by atoms with Gasteiger partial charge in [0, 0.05) is 46.9 Å². The molecule has 1 unspecified atom stereocenters. The molecule has 0 saturated carbocycles. The smallest absolute Gasteiger partial charge is 0.0895 e. The molecule has 0 bridgehead atoms. The fourth-order valence-electron chi connectivity index (χ4n) is 7.71. The lowest BCUT2D eigenvalue weighted by Crippen LogP contribution is -2.65. The fraction of sp³-hybridized carbons (Fsp3) is 0.234. The van der Waals surface area contributed by atoms with Crippen molar-refractivity contribution in [2.24, 2.45) is 0 Å². The van der Waals surface area contributed by atoms with E-state index in [1.54, 1.807) is 72.8 Å². The quantitative estimate of drug-likeness (QED) is 0.132. The van der Waals surface area contributed by atoms with Crippen molar-refractivity contribution in [3.8, 4) is 11.1 Å². The van der Waals surface area contributed by atoms with Gasteiger partial charge < -0.3 is 0 Å². The Bertz CT molecular complexity index is 2680. The molecule has 0 radical (unpaired) electrons. The summed E-state index contributed by atoms with van der Waals surface area (Å²) in [6.45, 7) is -3.26. The highest BCUT2D eigenvalue weighted by Gasteiger charge is 2.42. The summed E-state index contributed by atoms with van der Waals surface area (Å²) in [4.78, 5) is 2.32. The minimum absolute atomic E-state index is 0.227. The minimum Gasteiger partial charge on any atom is -0.0895 e. The molecular weight excluding hydrogens is 657 g/mol. The zero-order valence-electron chi connectivity index (χ0n) is 40.5. The highest BCUT2D eigenvalue weighted by molar-refractivity contribution is 8.00. The summed E-state index contributed by atoms with van der Waals surface area (Å²) in [7, 11) is -3.26. The molecule has 0 spiro atoms. The molecule has 0 N–H and O–H groups in total. The van der Waals surface area contributed by atoms with Gasteiger partial charge in [0.25, 0.3) is 0 Å². The van der Waals surface area contributed by atoms with Crippen LogP contribution in [0.25, 0.3) is 11.1 Å². The van der Waals surface area contributed by atoms with E-state index in [1.165, 1.54) is 23.5 Å². The zero-order valence-corrected chi connectivity index (χ0v) is 31.2. The maximum atomic E-state index is 8.98. The first kappa shape index (κ1) is 22.2. The van der Waals surface area contributed by atoms with Crippen LogP contribution in [0.2, 0.25) is 6.55 Å². The Morgan fingerprint density at radius 1 is 0.520 bits per heavy atom. The van der Waals surface area contributed by atoms with Crippen LogP contribution < -0.4 is 15.6 Å². The van der Waals surface area contributed by atoms with Gasteiger partial charge in [-0.15, -0.1) is 0 Å². The number of hydrogen-bond acceptors (Lipinski definition) is 2. The van der Waals surface area contributed by atoms with E-state index >= 15 is 0 Å². The van der Waals surface area contributed by atoms with E-state index in [4.69, 9.17) is 16.4 Å². The van der Waals surface area contributed by atoms with Crippen LogP contribution in [0.3, 0.4) is 0 Å². The monoisotopic (exact) mass is 714 g/mol. The average molecular weight is 715 g/mol. The second kappa shape index (κ2) is 11.9. The average Bonchev–Trinajstić information content (AvgIpc) is 3.19. The molecule has 0 aromatic heterocycles. The summed E-state index contributed by atoms with van der Waals surface area (Å²) in [5.74, 6) is 0. The lowest BCUT2D eigenvalue weighted by atomic mass is 9.76. The Balaban J connectivity index is 1.46. The maximum absolute atomic E-state index is 8.98. The van der Waals surface area contributed by atoms with Crippen molar-refractivity contribution in [1.29, 1.82) is 0 Å². The largest absolute Gasteiger partial charge is 0.146 e. The first-order valence-electron chi connectivity index (χ1n) is 22.9. The highest BCUT2D eigenvalue weighted by Crippen LogP contribution is 2.53. The normalized spacial score (nSPS) is 21.3. The Morgan fingerprint density at radius 2 is 1.06 bits per heavy atom. The second-order valence-corrected chi connectivity index (χ2v) is 20.6. The lowest BCUT2D eigenvalue weighted by Gasteiger charge is -2.39. The number of fused-ring (bicyclic) bond motifs is 4. The number of rotatable bonds is 4. The van der Waals surface area contributed by atoms with Gasteiger partial charge in [0.2, 0.25) is 0 Å². The van der Waals surface area contributed by atoms with Crippen molar-refractivity contribution in [1.82, 2.24) is 0 Å². The van der Waals surface area contributed by atoms with Crippen LogP contribution in [-0.2, 0) is 16.2 Å². The molecule has 2 heterocycles. The van der Waals surface area contributed by atoms with Crippen molar-refractivity contribution in [3.63, 3.8) is 0 Å². The molecule has 6 aromatic rings. The molecule has 0 aliphatic carbocycles. The molecular formula is C47H46S2Si. The van der Waals surface area contributed by atoms with Gasteiger partial charge in [-0.3, -0.25) is 0 Å². The summed E-state index contributed by atoms with van der Waals surface area (Å²) in [5, 5.41) is 2.82. The first-order valence-corrected chi connectivity index (χ1v) is 21.0. The zero-order chi connectivity index (χ0) is 45.1. The van der Waals surface area contributed by atoms with Crippen molar-refractivity contribution < 1.29 is 16.4 Å². The molecule has 0 saturated heterocycles. The predicted octanol–water partition coefficient (Wildman–Crippen LogP) is 11.3. The molecule has 2 aliphatic rings. The SMILES string of the molecule is [2H]C([2H])([2H])C1(C([2H])([2H])[2H])c2ccccc2Sc2c(-c3cc([Si](C)(c4ccccc4)c4cccc5c4Sc4ccccc4C5(C([2H])([2H])[2H])C([2H])([2H])[2H])ccc3C(C)(C)C)cccc21. The van der Waals surface area contributed by atoms with Crippen LogP contribution in [-0.4, -0.2) is 8.07 Å². The summed E-state index contributed by atoms with van der Waals surface area (Å²) in [6, 6.07) is 41.1. The molecule has 0 nitrogen and oxygen atoms in total. The van der Waals surface area contributed by atoms with Crippen LogP contribution in [0.5, 0.6) is 0 Å². The van der Waals surface area contributed by atoms with Gasteiger partial charge in [-0.05, 0) is 72.1 Å². The van der Waals surface area contributed by atoms with E-state index in [0.29, 0.717) is 25.1 Å². The van der Waals surface area contributed by atoms with Crippen LogP contribution in [0, 0.1) is 0 Å². The van der Waals surface area contributed by atoms with Crippen LogP contribution >= 0.6 is 23.5 Å². The molecule has 8 rings (SSSR count). The molecule has 250 valence electrons. The van der Waals surface area contributed by atoms with Gasteiger partial charge in [-0.2, -0.15) is 0 Å². The van der Waals surface area contributed by atoms with Gasteiger partial charge in [-0.1, -0.05) is 200 Å². The van der Waals surface area contributed by atoms with E-state index in [-0.39, 0.29) is 22.3 Å². The molecule has 50 heavy (non-hydrogen) atoms. The van der Waals surface area contributed by atoms with E-state index in [0.717, 1.165) is 26.7 Å². The Labute approximate surface area is 325 Å². The van der Waals surface area contributed by atoms with Crippen LogP contribution in [0.4, 0.5) is 0 Å².